The monoisotopic (exact) mass is 394 g/mol. The van der Waals surface area contributed by atoms with Gasteiger partial charge in [0.1, 0.15) is 0 Å². The van der Waals surface area contributed by atoms with Crippen molar-refractivity contribution in [2.75, 3.05) is 0 Å². The topological polar surface area (TPSA) is 0 Å². The van der Waals surface area contributed by atoms with E-state index in [0.29, 0.717) is 0 Å². The van der Waals surface area contributed by atoms with Gasteiger partial charge in [0.25, 0.3) is 0 Å². The molecule has 0 spiro atoms. The molecule has 0 radical (unpaired) electrons. The Morgan fingerprint density at radius 3 is 2.07 bits per heavy atom. The van der Waals surface area contributed by atoms with Crippen LogP contribution in [0.15, 0.2) is 108 Å². The lowest BCUT2D eigenvalue weighted by Gasteiger charge is -2.04. The van der Waals surface area contributed by atoms with Gasteiger partial charge in [-0.1, -0.05) is 66.7 Å². The zero-order chi connectivity index (χ0) is 18.8. The molecule has 0 bridgehead atoms. The molecule has 0 saturated carbocycles. The number of hydrogen-bond acceptors (Lipinski definition) is 2. The standard InChI is InChI=1S/C26H18S2/c1-3-8-19(9-4-1)21-16-22(24(18-21)20-10-5-2-6-11-20)17-23-13-14-26(28-23)25-12-7-15-27-25/h1-18H/b22-17+. The molecule has 2 heterocycles. The van der Waals surface area contributed by atoms with E-state index in [1.165, 1.54) is 42.5 Å². The molecule has 5 rings (SSSR count). The molecule has 0 fully saturated rings. The second kappa shape index (κ2) is 7.59. The van der Waals surface area contributed by atoms with Gasteiger partial charge >= 0.3 is 0 Å². The van der Waals surface area contributed by atoms with Crippen molar-refractivity contribution in [3.8, 4) is 9.75 Å². The van der Waals surface area contributed by atoms with Gasteiger partial charge in [-0.15, -0.1) is 22.7 Å². The number of rotatable bonds is 4. The van der Waals surface area contributed by atoms with Crippen LogP contribution >= 0.6 is 22.7 Å². The van der Waals surface area contributed by atoms with Crippen LogP contribution in [-0.4, -0.2) is 0 Å². The molecule has 0 saturated heterocycles. The van der Waals surface area contributed by atoms with Crippen LogP contribution in [-0.2, 0) is 0 Å². The van der Waals surface area contributed by atoms with Crippen molar-refractivity contribution in [1.82, 2.24) is 0 Å². The van der Waals surface area contributed by atoms with Gasteiger partial charge < -0.3 is 0 Å². The lowest BCUT2D eigenvalue weighted by molar-refractivity contribution is 1.61. The maximum Gasteiger partial charge on any atom is 0.0448 e. The molecule has 0 atom stereocenters. The summed E-state index contributed by atoms with van der Waals surface area (Å²) < 4.78 is 0. The van der Waals surface area contributed by atoms with E-state index in [9.17, 15) is 0 Å². The van der Waals surface area contributed by atoms with Gasteiger partial charge in [0.2, 0.25) is 0 Å². The zero-order valence-corrected chi connectivity index (χ0v) is 16.8. The lowest BCUT2D eigenvalue weighted by atomic mass is 10.0. The largest absolute Gasteiger partial charge is 0.143 e. The highest BCUT2D eigenvalue weighted by Crippen LogP contribution is 2.39. The minimum absolute atomic E-state index is 1.25. The first kappa shape index (κ1) is 17.2. The van der Waals surface area contributed by atoms with Crippen molar-refractivity contribution in [3.63, 3.8) is 0 Å². The van der Waals surface area contributed by atoms with E-state index >= 15 is 0 Å². The molecule has 28 heavy (non-hydrogen) atoms. The molecule has 0 N–H and O–H groups in total. The van der Waals surface area contributed by atoms with Gasteiger partial charge in [0, 0.05) is 14.6 Å². The van der Waals surface area contributed by atoms with Crippen LogP contribution < -0.4 is 0 Å². The highest BCUT2D eigenvalue weighted by atomic mass is 32.1. The van der Waals surface area contributed by atoms with E-state index in [0.717, 1.165) is 0 Å². The van der Waals surface area contributed by atoms with Crippen LogP contribution in [0.3, 0.4) is 0 Å². The summed E-state index contributed by atoms with van der Waals surface area (Å²) in [6.07, 6.45) is 6.93. The Hall–Kier alpha value is -2.94. The Kier molecular flexibility index (Phi) is 4.66. The summed E-state index contributed by atoms with van der Waals surface area (Å²) in [5.41, 5.74) is 6.33. The maximum atomic E-state index is 2.32. The molecule has 2 aromatic carbocycles. The van der Waals surface area contributed by atoms with Crippen LogP contribution in [0, 0.1) is 0 Å². The molecular weight excluding hydrogens is 376 g/mol. The summed E-state index contributed by atoms with van der Waals surface area (Å²) >= 11 is 3.64. The maximum absolute atomic E-state index is 2.32. The average Bonchev–Trinajstić information content (AvgIpc) is 3.50. The van der Waals surface area contributed by atoms with E-state index in [-0.39, 0.29) is 0 Å². The Labute approximate surface area is 173 Å². The van der Waals surface area contributed by atoms with Gasteiger partial charge in [-0.3, -0.25) is 0 Å². The summed E-state index contributed by atoms with van der Waals surface area (Å²) in [6, 6.07) is 30.0. The van der Waals surface area contributed by atoms with Gasteiger partial charge in [0.15, 0.2) is 0 Å². The molecule has 1 aliphatic carbocycles. The van der Waals surface area contributed by atoms with Crippen molar-refractivity contribution in [3.05, 3.63) is 124 Å². The number of allylic oxidation sites excluding steroid dienone is 5. The molecule has 0 nitrogen and oxygen atoms in total. The van der Waals surface area contributed by atoms with Crippen LogP contribution in [0.4, 0.5) is 0 Å². The molecule has 0 unspecified atom stereocenters. The second-order valence-electron chi connectivity index (χ2n) is 6.67. The average molecular weight is 395 g/mol. The lowest BCUT2D eigenvalue weighted by Crippen LogP contribution is -1.83. The van der Waals surface area contributed by atoms with Gasteiger partial charge in [-0.2, -0.15) is 0 Å². The van der Waals surface area contributed by atoms with Crippen molar-refractivity contribution in [2.45, 2.75) is 0 Å². The van der Waals surface area contributed by atoms with Crippen LogP contribution in [0.5, 0.6) is 0 Å². The summed E-state index contributed by atoms with van der Waals surface area (Å²) in [5.74, 6) is 0. The minimum Gasteiger partial charge on any atom is -0.143 e. The molecule has 0 aliphatic heterocycles. The van der Waals surface area contributed by atoms with Crippen molar-refractivity contribution in [2.24, 2.45) is 0 Å². The molecule has 2 heteroatoms. The van der Waals surface area contributed by atoms with Crippen LogP contribution in [0.1, 0.15) is 16.0 Å². The summed E-state index contributed by atoms with van der Waals surface area (Å²) in [4.78, 5) is 3.95. The van der Waals surface area contributed by atoms with Crippen molar-refractivity contribution >= 4 is 39.9 Å². The predicted molar refractivity (Wildman–Crippen MR) is 124 cm³/mol. The summed E-state index contributed by atoms with van der Waals surface area (Å²) in [7, 11) is 0. The molecule has 4 aromatic rings. The van der Waals surface area contributed by atoms with E-state index in [4.69, 9.17) is 0 Å². The highest BCUT2D eigenvalue weighted by molar-refractivity contribution is 7.21. The van der Waals surface area contributed by atoms with E-state index in [2.05, 4.69) is 109 Å². The molecule has 134 valence electrons. The van der Waals surface area contributed by atoms with Gasteiger partial charge in [-0.05, 0) is 69.7 Å². The fraction of sp³-hybridized carbons (Fsp3) is 0. The van der Waals surface area contributed by atoms with Crippen molar-refractivity contribution < 1.29 is 0 Å². The van der Waals surface area contributed by atoms with E-state index < -0.39 is 0 Å². The summed E-state index contributed by atoms with van der Waals surface area (Å²) in [6.45, 7) is 0. The number of benzene rings is 2. The first-order valence-corrected chi connectivity index (χ1v) is 11.0. The quantitative estimate of drug-likeness (QED) is 0.328. The fourth-order valence-corrected chi connectivity index (χ4v) is 5.24. The Morgan fingerprint density at radius 2 is 1.36 bits per heavy atom. The SMILES string of the molecule is C1=C(c2ccccc2)C=C(c2ccccc2)/C1=C/c1ccc(-c2cccs2)s1. The Morgan fingerprint density at radius 1 is 0.607 bits per heavy atom. The van der Waals surface area contributed by atoms with E-state index in [1.807, 2.05) is 11.3 Å². The molecular formula is C26H18S2. The first-order valence-electron chi connectivity index (χ1n) is 9.27. The third kappa shape index (κ3) is 3.45. The highest BCUT2D eigenvalue weighted by Gasteiger charge is 2.16. The molecule has 0 amide bonds. The minimum atomic E-state index is 1.25. The smallest absolute Gasteiger partial charge is 0.0448 e. The Bertz CT molecular complexity index is 1170. The number of thiophene rings is 2. The second-order valence-corrected chi connectivity index (χ2v) is 8.73. The third-order valence-corrected chi connectivity index (χ3v) is 6.90. The normalized spacial score (nSPS) is 14.9. The molecule has 2 aromatic heterocycles. The van der Waals surface area contributed by atoms with Gasteiger partial charge in [0.05, 0.1) is 0 Å². The fourth-order valence-electron chi connectivity index (χ4n) is 3.45. The zero-order valence-electron chi connectivity index (χ0n) is 15.2. The molecule has 1 aliphatic rings. The number of hydrogen-bond donors (Lipinski definition) is 0. The van der Waals surface area contributed by atoms with Crippen LogP contribution in [0.2, 0.25) is 0 Å². The van der Waals surface area contributed by atoms with E-state index in [1.54, 1.807) is 11.3 Å². The van der Waals surface area contributed by atoms with Crippen molar-refractivity contribution in [1.29, 1.82) is 0 Å². The van der Waals surface area contributed by atoms with Gasteiger partial charge in [-0.25, -0.2) is 0 Å². The first-order chi connectivity index (χ1) is 13.9. The predicted octanol–water partition coefficient (Wildman–Crippen LogP) is 8.04. The Balaban J connectivity index is 1.56. The summed E-state index contributed by atoms with van der Waals surface area (Å²) in [5, 5.41) is 2.13. The third-order valence-electron chi connectivity index (χ3n) is 4.80. The van der Waals surface area contributed by atoms with Crippen LogP contribution in [0.25, 0.3) is 27.0 Å².